The Morgan fingerprint density at radius 1 is 1.20 bits per heavy atom. The summed E-state index contributed by atoms with van der Waals surface area (Å²) in [6.07, 6.45) is 1.66. The number of hydrogen-bond donors (Lipinski definition) is 1. The molecular formula is C16H15BrN2O. The number of benzene rings is 2. The second-order valence-corrected chi connectivity index (χ2v) is 5.49. The van der Waals surface area contributed by atoms with Gasteiger partial charge in [0.2, 0.25) is 0 Å². The predicted molar refractivity (Wildman–Crippen MR) is 85.1 cm³/mol. The number of nitrogens with zero attached hydrogens (tertiary/aromatic N) is 1. The van der Waals surface area contributed by atoms with Crippen LogP contribution in [-0.4, -0.2) is 12.1 Å². The van der Waals surface area contributed by atoms with Gasteiger partial charge in [0.1, 0.15) is 0 Å². The molecular weight excluding hydrogens is 316 g/mol. The molecule has 4 heteroatoms. The molecule has 0 aliphatic heterocycles. The third kappa shape index (κ3) is 3.78. The van der Waals surface area contributed by atoms with Crippen LogP contribution in [0.4, 0.5) is 0 Å². The van der Waals surface area contributed by atoms with Crippen molar-refractivity contribution in [1.82, 2.24) is 5.43 Å². The number of carbonyl (C=O) groups is 1. The van der Waals surface area contributed by atoms with E-state index < -0.39 is 0 Å². The molecule has 0 saturated carbocycles. The van der Waals surface area contributed by atoms with Crippen molar-refractivity contribution in [1.29, 1.82) is 0 Å². The molecule has 0 heterocycles. The highest BCUT2D eigenvalue weighted by Crippen LogP contribution is 2.11. The molecule has 0 aliphatic rings. The molecule has 0 radical (unpaired) electrons. The fourth-order valence-corrected chi connectivity index (χ4v) is 2.15. The molecule has 0 aliphatic carbocycles. The first kappa shape index (κ1) is 14.5. The Balaban J connectivity index is 2.06. The maximum Gasteiger partial charge on any atom is 0.271 e. The quantitative estimate of drug-likeness (QED) is 0.674. The first-order chi connectivity index (χ1) is 9.56. The van der Waals surface area contributed by atoms with E-state index in [9.17, 15) is 4.79 Å². The van der Waals surface area contributed by atoms with Gasteiger partial charge in [-0.15, -0.1) is 0 Å². The van der Waals surface area contributed by atoms with E-state index in [2.05, 4.69) is 26.5 Å². The van der Waals surface area contributed by atoms with E-state index in [4.69, 9.17) is 0 Å². The Morgan fingerprint density at radius 2 is 2.00 bits per heavy atom. The molecule has 0 spiro atoms. The number of halogens is 1. The Bertz CT molecular complexity index is 665. The number of carbonyl (C=O) groups excluding carboxylic acids is 1. The summed E-state index contributed by atoms with van der Waals surface area (Å²) in [5.41, 5.74) is 6.38. The van der Waals surface area contributed by atoms with E-state index in [0.29, 0.717) is 5.56 Å². The van der Waals surface area contributed by atoms with Crippen LogP contribution in [0.2, 0.25) is 0 Å². The Labute approximate surface area is 126 Å². The highest BCUT2D eigenvalue weighted by Gasteiger charge is 2.03. The number of hydrazone groups is 1. The molecule has 2 aromatic carbocycles. The maximum atomic E-state index is 11.9. The molecule has 0 fully saturated rings. The predicted octanol–water partition coefficient (Wildman–Crippen LogP) is 3.83. The van der Waals surface area contributed by atoms with E-state index in [1.807, 2.05) is 44.2 Å². The number of aryl methyl sites for hydroxylation is 2. The van der Waals surface area contributed by atoms with Gasteiger partial charge in [-0.1, -0.05) is 45.8 Å². The van der Waals surface area contributed by atoms with Crippen molar-refractivity contribution < 1.29 is 4.79 Å². The van der Waals surface area contributed by atoms with Crippen molar-refractivity contribution in [2.45, 2.75) is 13.8 Å². The zero-order chi connectivity index (χ0) is 14.5. The monoisotopic (exact) mass is 330 g/mol. The molecule has 0 atom stereocenters. The van der Waals surface area contributed by atoms with Crippen molar-refractivity contribution in [2.75, 3.05) is 0 Å². The average Bonchev–Trinajstić information content (AvgIpc) is 2.42. The van der Waals surface area contributed by atoms with Gasteiger partial charge in [-0.25, -0.2) is 5.43 Å². The zero-order valence-corrected chi connectivity index (χ0v) is 12.9. The molecule has 1 amide bonds. The molecule has 3 nitrogen and oxygen atoms in total. The van der Waals surface area contributed by atoms with Crippen LogP contribution in [0.15, 0.2) is 52.0 Å². The molecule has 0 saturated heterocycles. The van der Waals surface area contributed by atoms with Crippen molar-refractivity contribution in [3.63, 3.8) is 0 Å². The smallest absolute Gasteiger partial charge is 0.267 e. The second-order valence-electron chi connectivity index (χ2n) is 4.57. The standard InChI is InChI=1S/C16H15BrN2O/c1-11-6-7-12(2)14(8-11)10-18-19-16(20)13-4-3-5-15(17)9-13/h3-10H,1-2H3,(H,19,20)/b18-10+. The largest absolute Gasteiger partial charge is 0.271 e. The van der Waals surface area contributed by atoms with Gasteiger partial charge in [-0.3, -0.25) is 4.79 Å². The number of amides is 1. The highest BCUT2D eigenvalue weighted by molar-refractivity contribution is 9.10. The third-order valence-corrected chi connectivity index (χ3v) is 3.38. The van der Waals surface area contributed by atoms with Crippen molar-refractivity contribution in [2.24, 2.45) is 5.10 Å². The van der Waals surface area contributed by atoms with E-state index in [1.54, 1.807) is 18.3 Å². The minimum Gasteiger partial charge on any atom is -0.267 e. The Morgan fingerprint density at radius 3 is 2.75 bits per heavy atom. The molecule has 0 aromatic heterocycles. The van der Waals surface area contributed by atoms with Crippen LogP contribution in [0.5, 0.6) is 0 Å². The molecule has 20 heavy (non-hydrogen) atoms. The van der Waals surface area contributed by atoms with Gasteiger partial charge >= 0.3 is 0 Å². The maximum absolute atomic E-state index is 11.9. The minimum atomic E-state index is -0.229. The molecule has 2 aromatic rings. The third-order valence-electron chi connectivity index (χ3n) is 2.89. The van der Waals surface area contributed by atoms with Crippen LogP contribution in [0.3, 0.4) is 0 Å². The first-order valence-electron chi connectivity index (χ1n) is 6.22. The van der Waals surface area contributed by atoms with Gasteiger partial charge in [-0.05, 0) is 43.2 Å². The fourth-order valence-electron chi connectivity index (χ4n) is 1.75. The summed E-state index contributed by atoms with van der Waals surface area (Å²) in [6, 6.07) is 13.3. The van der Waals surface area contributed by atoms with E-state index >= 15 is 0 Å². The average molecular weight is 331 g/mol. The number of rotatable bonds is 3. The number of nitrogens with one attached hydrogen (secondary N) is 1. The lowest BCUT2D eigenvalue weighted by molar-refractivity contribution is 0.0955. The SMILES string of the molecule is Cc1ccc(C)c(/C=N/NC(=O)c2cccc(Br)c2)c1. The lowest BCUT2D eigenvalue weighted by Crippen LogP contribution is -2.17. The van der Waals surface area contributed by atoms with Gasteiger partial charge in [0.25, 0.3) is 5.91 Å². The molecule has 0 bridgehead atoms. The summed E-state index contributed by atoms with van der Waals surface area (Å²) < 4.78 is 0.864. The summed E-state index contributed by atoms with van der Waals surface area (Å²) in [7, 11) is 0. The Kier molecular flexibility index (Phi) is 4.69. The van der Waals surface area contributed by atoms with Crippen LogP contribution in [0.1, 0.15) is 27.0 Å². The lowest BCUT2D eigenvalue weighted by atomic mass is 10.1. The van der Waals surface area contributed by atoms with Crippen LogP contribution in [-0.2, 0) is 0 Å². The fraction of sp³-hybridized carbons (Fsp3) is 0.125. The second kappa shape index (κ2) is 6.48. The van der Waals surface area contributed by atoms with E-state index in [1.165, 1.54) is 0 Å². The van der Waals surface area contributed by atoms with Crippen molar-refractivity contribution >= 4 is 28.1 Å². The van der Waals surface area contributed by atoms with Crippen molar-refractivity contribution in [3.05, 3.63) is 69.2 Å². The topological polar surface area (TPSA) is 41.5 Å². The molecule has 0 unspecified atom stereocenters. The summed E-state index contributed by atoms with van der Waals surface area (Å²) in [5.74, 6) is -0.229. The van der Waals surface area contributed by atoms with Gasteiger partial charge < -0.3 is 0 Å². The summed E-state index contributed by atoms with van der Waals surface area (Å²) in [5, 5.41) is 4.01. The van der Waals surface area contributed by atoms with Crippen LogP contribution in [0, 0.1) is 13.8 Å². The van der Waals surface area contributed by atoms with Crippen molar-refractivity contribution in [3.8, 4) is 0 Å². The van der Waals surface area contributed by atoms with Gasteiger partial charge in [0.15, 0.2) is 0 Å². The minimum absolute atomic E-state index is 0.229. The summed E-state index contributed by atoms with van der Waals surface area (Å²) >= 11 is 3.33. The summed E-state index contributed by atoms with van der Waals surface area (Å²) in [6.45, 7) is 4.04. The summed E-state index contributed by atoms with van der Waals surface area (Å²) in [4.78, 5) is 11.9. The Hall–Kier alpha value is -1.94. The van der Waals surface area contributed by atoms with E-state index in [0.717, 1.165) is 21.2 Å². The molecule has 1 N–H and O–H groups in total. The van der Waals surface area contributed by atoms with Gasteiger partial charge in [-0.2, -0.15) is 5.10 Å². The first-order valence-corrected chi connectivity index (χ1v) is 7.02. The van der Waals surface area contributed by atoms with E-state index in [-0.39, 0.29) is 5.91 Å². The zero-order valence-electron chi connectivity index (χ0n) is 11.4. The van der Waals surface area contributed by atoms with Gasteiger partial charge in [0, 0.05) is 10.0 Å². The highest BCUT2D eigenvalue weighted by atomic mass is 79.9. The normalized spacial score (nSPS) is 10.8. The molecule has 102 valence electrons. The van der Waals surface area contributed by atoms with Gasteiger partial charge in [0.05, 0.1) is 6.21 Å². The lowest BCUT2D eigenvalue weighted by Gasteiger charge is -2.02. The van der Waals surface area contributed by atoms with Crippen LogP contribution < -0.4 is 5.43 Å². The van der Waals surface area contributed by atoms with Crippen LogP contribution in [0.25, 0.3) is 0 Å². The molecule has 2 rings (SSSR count). The van der Waals surface area contributed by atoms with Crippen LogP contribution >= 0.6 is 15.9 Å². The number of hydrogen-bond acceptors (Lipinski definition) is 2.